The number of hydrogen-bond acceptors (Lipinski definition) is 4. The van der Waals surface area contributed by atoms with Gasteiger partial charge < -0.3 is 20.1 Å². The Hall–Kier alpha value is -2.76. The average Bonchev–Trinajstić information content (AvgIpc) is 3.46. The van der Waals surface area contributed by atoms with E-state index >= 15 is 0 Å². The Kier molecular flexibility index (Phi) is 5.07. The molecule has 1 aliphatic carbocycles. The molecular formula is C19H23N3O3. The van der Waals surface area contributed by atoms with Crippen LogP contribution < -0.4 is 20.1 Å². The summed E-state index contributed by atoms with van der Waals surface area (Å²) in [4.78, 5) is 16.0. The molecule has 6 nitrogen and oxygen atoms in total. The van der Waals surface area contributed by atoms with Crippen molar-refractivity contribution in [2.45, 2.75) is 24.8 Å². The summed E-state index contributed by atoms with van der Waals surface area (Å²) in [6, 6.07) is 9.56. The fourth-order valence-corrected chi connectivity index (χ4v) is 2.88. The Morgan fingerprint density at radius 1 is 1.08 bits per heavy atom. The first kappa shape index (κ1) is 17.1. The zero-order chi connectivity index (χ0) is 17.7. The standard InChI is InChI=1S/C19H23N3O3/c1-24-16-4-3-15(11-17(16)25-2)19(7-8-19)13-22-18(23)21-12-14-5-9-20-10-6-14/h3-6,9-11H,7-8,12-13H2,1-2H3,(H2,21,22,23). The molecule has 1 aromatic heterocycles. The summed E-state index contributed by atoms with van der Waals surface area (Å²) < 4.78 is 10.7. The summed E-state index contributed by atoms with van der Waals surface area (Å²) in [6.45, 7) is 1.09. The lowest BCUT2D eigenvalue weighted by molar-refractivity contribution is 0.239. The maximum Gasteiger partial charge on any atom is 0.315 e. The van der Waals surface area contributed by atoms with E-state index in [9.17, 15) is 4.79 Å². The van der Waals surface area contributed by atoms with E-state index in [1.54, 1.807) is 26.6 Å². The van der Waals surface area contributed by atoms with Crippen LogP contribution in [0.25, 0.3) is 0 Å². The van der Waals surface area contributed by atoms with Gasteiger partial charge in [0.05, 0.1) is 14.2 Å². The first-order chi connectivity index (χ1) is 12.2. The van der Waals surface area contributed by atoms with Gasteiger partial charge in [0.2, 0.25) is 0 Å². The second kappa shape index (κ2) is 7.42. The van der Waals surface area contributed by atoms with Crippen molar-refractivity contribution < 1.29 is 14.3 Å². The molecule has 1 heterocycles. The van der Waals surface area contributed by atoms with Crippen molar-refractivity contribution in [2.24, 2.45) is 0 Å². The van der Waals surface area contributed by atoms with Crippen molar-refractivity contribution in [3.63, 3.8) is 0 Å². The Labute approximate surface area is 147 Å². The third-order valence-electron chi connectivity index (χ3n) is 4.64. The lowest BCUT2D eigenvalue weighted by Crippen LogP contribution is -2.39. The molecule has 0 unspecified atom stereocenters. The predicted octanol–water partition coefficient (Wildman–Crippen LogP) is 2.63. The van der Waals surface area contributed by atoms with Crippen LogP contribution in [0.3, 0.4) is 0 Å². The van der Waals surface area contributed by atoms with Crippen LogP contribution in [0.4, 0.5) is 4.79 Å². The summed E-state index contributed by atoms with van der Waals surface area (Å²) >= 11 is 0. The Balaban J connectivity index is 1.56. The number of amides is 2. The number of nitrogens with one attached hydrogen (secondary N) is 2. The van der Waals surface area contributed by atoms with E-state index in [-0.39, 0.29) is 11.4 Å². The lowest BCUT2D eigenvalue weighted by atomic mass is 9.95. The van der Waals surface area contributed by atoms with Crippen molar-refractivity contribution >= 4 is 6.03 Å². The van der Waals surface area contributed by atoms with Crippen LogP contribution in [0.1, 0.15) is 24.0 Å². The highest BCUT2D eigenvalue weighted by Crippen LogP contribution is 2.49. The highest BCUT2D eigenvalue weighted by molar-refractivity contribution is 5.74. The minimum Gasteiger partial charge on any atom is -0.493 e. The van der Waals surface area contributed by atoms with Crippen LogP contribution in [0, 0.1) is 0 Å². The molecule has 0 bridgehead atoms. The monoisotopic (exact) mass is 341 g/mol. The first-order valence-electron chi connectivity index (χ1n) is 8.30. The van der Waals surface area contributed by atoms with Gasteiger partial charge in [0.1, 0.15) is 0 Å². The highest BCUT2D eigenvalue weighted by Gasteiger charge is 2.44. The number of carbonyl (C=O) groups excluding carboxylic acids is 1. The molecule has 0 saturated heterocycles. The van der Waals surface area contributed by atoms with E-state index in [4.69, 9.17) is 9.47 Å². The summed E-state index contributed by atoms with van der Waals surface area (Å²) in [5.41, 5.74) is 2.18. The molecule has 2 aromatic rings. The fourth-order valence-electron chi connectivity index (χ4n) is 2.88. The number of nitrogens with zero attached hydrogens (tertiary/aromatic N) is 1. The van der Waals surface area contributed by atoms with E-state index in [2.05, 4.69) is 15.6 Å². The second-order valence-corrected chi connectivity index (χ2v) is 6.24. The SMILES string of the molecule is COc1ccc(C2(CNC(=O)NCc3ccncc3)CC2)cc1OC. The van der Waals surface area contributed by atoms with E-state index in [1.807, 2.05) is 30.3 Å². The van der Waals surface area contributed by atoms with Gasteiger partial charge in [-0.2, -0.15) is 0 Å². The number of methoxy groups -OCH3 is 2. The van der Waals surface area contributed by atoms with Crippen molar-refractivity contribution in [1.29, 1.82) is 0 Å². The second-order valence-electron chi connectivity index (χ2n) is 6.24. The van der Waals surface area contributed by atoms with Crippen molar-refractivity contribution in [3.05, 3.63) is 53.9 Å². The molecule has 25 heavy (non-hydrogen) atoms. The summed E-state index contributed by atoms with van der Waals surface area (Å²) in [7, 11) is 3.26. The van der Waals surface area contributed by atoms with Crippen molar-refractivity contribution in [2.75, 3.05) is 20.8 Å². The smallest absolute Gasteiger partial charge is 0.315 e. The minimum atomic E-state index is -0.163. The Morgan fingerprint density at radius 3 is 2.44 bits per heavy atom. The molecule has 1 fully saturated rings. The largest absolute Gasteiger partial charge is 0.493 e. The average molecular weight is 341 g/mol. The third kappa shape index (κ3) is 4.02. The molecule has 132 valence electrons. The van der Waals surface area contributed by atoms with Crippen molar-refractivity contribution in [3.8, 4) is 11.5 Å². The third-order valence-corrected chi connectivity index (χ3v) is 4.64. The van der Waals surface area contributed by atoms with Crippen molar-refractivity contribution in [1.82, 2.24) is 15.6 Å². The molecule has 1 aromatic carbocycles. The van der Waals surface area contributed by atoms with Gasteiger partial charge in [0, 0.05) is 30.9 Å². The normalized spacial score (nSPS) is 14.5. The topological polar surface area (TPSA) is 72.5 Å². The number of carbonyl (C=O) groups is 1. The molecule has 3 rings (SSSR count). The maximum atomic E-state index is 12.1. The fraction of sp³-hybridized carbons (Fsp3) is 0.368. The van der Waals surface area contributed by atoms with Gasteiger partial charge in [-0.3, -0.25) is 4.98 Å². The Morgan fingerprint density at radius 2 is 1.80 bits per heavy atom. The highest BCUT2D eigenvalue weighted by atomic mass is 16.5. The molecule has 0 radical (unpaired) electrons. The summed E-state index contributed by atoms with van der Waals surface area (Å²) in [5, 5.41) is 5.85. The zero-order valence-electron chi connectivity index (χ0n) is 14.5. The number of urea groups is 1. The quantitative estimate of drug-likeness (QED) is 0.812. The van der Waals surface area contributed by atoms with Crippen LogP contribution in [-0.4, -0.2) is 31.8 Å². The predicted molar refractivity (Wildman–Crippen MR) is 94.9 cm³/mol. The molecule has 1 saturated carbocycles. The molecule has 1 aliphatic rings. The number of aromatic nitrogens is 1. The van der Waals surface area contributed by atoms with Gasteiger partial charge in [-0.25, -0.2) is 4.79 Å². The Bertz CT molecular complexity index is 730. The zero-order valence-corrected chi connectivity index (χ0v) is 14.5. The first-order valence-corrected chi connectivity index (χ1v) is 8.30. The molecule has 2 amide bonds. The van der Waals surface area contributed by atoms with E-state index in [0.29, 0.717) is 24.6 Å². The molecule has 0 spiro atoms. The van der Waals surface area contributed by atoms with E-state index in [1.165, 1.54) is 5.56 Å². The molecule has 2 N–H and O–H groups in total. The van der Waals surface area contributed by atoms with Gasteiger partial charge in [-0.05, 0) is 48.2 Å². The van der Waals surface area contributed by atoms with E-state index < -0.39 is 0 Å². The van der Waals surface area contributed by atoms with Crippen LogP contribution >= 0.6 is 0 Å². The molecule has 0 aliphatic heterocycles. The summed E-state index contributed by atoms with van der Waals surface area (Å²) in [5.74, 6) is 1.43. The summed E-state index contributed by atoms with van der Waals surface area (Å²) in [6.07, 6.45) is 5.52. The number of rotatable bonds is 7. The molecule has 0 atom stereocenters. The van der Waals surface area contributed by atoms with Gasteiger partial charge in [0.25, 0.3) is 0 Å². The molecule has 6 heteroatoms. The van der Waals surface area contributed by atoms with Crippen LogP contribution in [0.15, 0.2) is 42.7 Å². The lowest BCUT2D eigenvalue weighted by Gasteiger charge is -2.19. The molecular weight excluding hydrogens is 318 g/mol. The number of benzene rings is 1. The minimum absolute atomic E-state index is 0.00639. The number of pyridine rings is 1. The van der Waals surface area contributed by atoms with Crippen LogP contribution in [0.5, 0.6) is 11.5 Å². The van der Waals surface area contributed by atoms with Crippen LogP contribution in [0.2, 0.25) is 0 Å². The number of hydrogen-bond donors (Lipinski definition) is 2. The van der Waals surface area contributed by atoms with Crippen LogP contribution in [-0.2, 0) is 12.0 Å². The van der Waals surface area contributed by atoms with Gasteiger partial charge in [-0.1, -0.05) is 6.07 Å². The maximum absolute atomic E-state index is 12.1. The van der Waals surface area contributed by atoms with Gasteiger partial charge >= 0.3 is 6.03 Å². The van der Waals surface area contributed by atoms with Gasteiger partial charge in [0.15, 0.2) is 11.5 Å². The van der Waals surface area contributed by atoms with E-state index in [0.717, 1.165) is 18.4 Å². The van der Waals surface area contributed by atoms with Gasteiger partial charge in [-0.15, -0.1) is 0 Å². The number of ether oxygens (including phenoxy) is 2.